The molecule has 1 aliphatic carbocycles. The van der Waals surface area contributed by atoms with Gasteiger partial charge in [-0.1, -0.05) is 19.8 Å². The van der Waals surface area contributed by atoms with Gasteiger partial charge in [0.1, 0.15) is 5.60 Å². The number of nitrogens with zero attached hydrogens (tertiary/aromatic N) is 1. The van der Waals surface area contributed by atoms with E-state index in [-0.39, 0.29) is 12.1 Å². The lowest BCUT2D eigenvalue weighted by molar-refractivity contribution is 0.0411. The third-order valence-electron chi connectivity index (χ3n) is 4.86. The van der Waals surface area contributed by atoms with Crippen LogP contribution in [0.2, 0.25) is 0 Å². The van der Waals surface area contributed by atoms with Crippen molar-refractivity contribution in [2.75, 3.05) is 13.1 Å². The Morgan fingerprint density at radius 2 is 1.95 bits per heavy atom. The molecule has 1 saturated heterocycles. The van der Waals surface area contributed by atoms with Crippen molar-refractivity contribution < 1.29 is 9.53 Å². The highest BCUT2D eigenvalue weighted by molar-refractivity contribution is 5.68. The number of rotatable bonds is 5. The van der Waals surface area contributed by atoms with Crippen LogP contribution in [0.5, 0.6) is 0 Å². The summed E-state index contributed by atoms with van der Waals surface area (Å²) in [6.07, 6.45) is 6.14. The quantitative estimate of drug-likeness (QED) is 0.840. The Hall–Kier alpha value is -0.770. The highest BCUT2D eigenvalue weighted by atomic mass is 16.6. The van der Waals surface area contributed by atoms with Crippen LogP contribution in [0, 0.1) is 11.8 Å². The zero-order chi connectivity index (χ0) is 16.3. The minimum atomic E-state index is -0.428. The van der Waals surface area contributed by atoms with Crippen LogP contribution in [0.15, 0.2) is 0 Å². The smallest absolute Gasteiger partial charge is 0.407 e. The topological polar surface area (TPSA) is 41.6 Å². The molecule has 0 aromatic rings. The summed E-state index contributed by atoms with van der Waals surface area (Å²) in [6.45, 7) is 12.4. The number of nitrogens with one attached hydrogen (secondary N) is 1. The third kappa shape index (κ3) is 5.79. The van der Waals surface area contributed by atoms with E-state index in [1.807, 2.05) is 20.8 Å². The molecular weight excluding hydrogens is 276 g/mol. The van der Waals surface area contributed by atoms with Gasteiger partial charge >= 0.3 is 6.09 Å². The lowest BCUT2D eigenvalue weighted by Gasteiger charge is -2.41. The molecule has 1 aliphatic heterocycles. The number of carbonyl (C=O) groups is 1. The van der Waals surface area contributed by atoms with Gasteiger partial charge in [0.2, 0.25) is 0 Å². The predicted octanol–water partition coefficient (Wildman–Crippen LogP) is 3.80. The second-order valence-corrected chi connectivity index (χ2v) is 8.34. The number of ether oxygens (including phenoxy) is 1. The van der Waals surface area contributed by atoms with Gasteiger partial charge in [-0.15, -0.1) is 0 Å². The zero-order valence-electron chi connectivity index (χ0n) is 15.0. The Labute approximate surface area is 136 Å². The molecule has 2 fully saturated rings. The second kappa shape index (κ2) is 7.20. The van der Waals surface area contributed by atoms with Crippen LogP contribution in [-0.2, 0) is 4.74 Å². The van der Waals surface area contributed by atoms with Gasteiger partial charge in [-0.2, -0.15) is 0 Å². The van der Waals surface area contributed by atoms with Crippen LogP contribution in [0.3, 0.4) is 0 Å². The first-order valence-electron chi connectivity index (χ1n) is 9.00. The fraction of sp³-hybridized carbons (Fsp3) is 0.944. The molecule has 0 aromatic heterocycles. The van der Waals surface area contributed by atoms with Crippen LogP contribution in [-0.4, -0.2) is 41.8 Å². The van der Waals surface area contributed by atoms with Gasteiger partial charge in [0.25, 0.3) is 0 Å². The highest BCUT2D eigenvalue weighted by Crippen LogP contribution is 2.38. The Kier molecular flexibility index (Phi) is 5.76. The van der Waals surface area contributed by atoms with E-state index in [1.165, 1.54) is 25.8 Å². The zero-order valence-corrected chi connectivity index (χ0v) is 15.0. The molecule has 3 atom stereocenters. The van der Waals surface area contributed by atoms with Gasteiger partial charge < -0.3 is 10.1 Å². The lowest BCUT2D eigenvalue weighted by atomic mass is 9.89. The molecule has 0 aromatic carbocycles. The maximum Gasteiger partial charge on any atom is 0.407 e. The molecule has 4 heteroatoms. The van der Waals surface area contributed by atoms with Crippen molar-refractivity contribution in [2.24, 2.45) is 11.8 Å². The number of amides is 1. The summed E-state index contributed by atoms with van der Waals surface area (Å²) in [5, 5.41) is 3.11. The Morgan fingerprint density at radius 1 is 1.27 bits per heavy atom. The molecule has 3 unspecified atom stereocenters. The van der Waals surface area contributed by atoms with Crippen molar-refractivity contribution in [3.8, 4) is 0 Å². The largest absolute Gasteiger partial charge is 0.444 e. The van der Waals surface area contributed by atoms with E-state index >= 15 is 0 Å². The van der Waals surface area contributed by atoms with Crippen LogP contribution in [0.1, 0.15) is 66.7 Å². The summed E-state index contributed by atoms with van der Waals surface area (Å²) in [7, 11) is 0. The predicted molar refractivity (Wildman–Crippen MR) is 89.9 cm³/mol. The molecule has 0 radical (unpaired) electrons. The average Bonchev–Trinajstić information content (AvgIpc) is 3.18. The number of alkyl carbamates (subject to hydrolysis) is 1. The average molecular weight is 310 g/mol. The molecule has 2 aliphatic rings. The van der Waals surface area contributed by atoms with Gasteiger partial charge in [0, 0.05) is 25.2 Å². The first kappa shape index (κ1) is 17.6. The molecule has 1 amide bonds. The summed E-state index contributed by atoms with van der Waals surface area (Å²) in [5.41, 5.74) is -0.428. The van der Waals surface area contributed by atoms with Gasteiger partial charge in [-0.25, -0.2) is 4.79 Å². The maximum absolute atomic E-state index is 12.1. The van der Waals surface area contributed by atoms with Crippen molar-refractivity contribution in [3.05, 3.63) is 0 Å². The fourth-order valence-electron chi connectivity index (χ4n) is 3.43. The van der Waals surface area contributed by atoms with Crippen LogP contribution in [0.4, 0.5) is 4.79 Å². The minimum absolute atomic E-state index is 0.223. The van der Waals surface area contributed by atoms with Gasteiger partial charge in [0.15, 0.2) is 0 Å². The van der Waals surface area contributed by atoms with E-state index in [9.17, 15) is 4.79 Å². The van der Waals surface area contributed by atoms with Gasteiger partial charge in [0.05, 0.1) is 0 Å². The molecule has 1 heterocycles. The van der Waals surface area contributed by atoms with E-state index in [0.29, 0.717) is 6.04 Å². The summed E-state index contributed by atoms with van der Waals surface area (Å²) in [4.78, 5) is 14.6. The maximum atomic E-state index is 12.1. The van der Waals surface area contributed by atoms with E-state index in [4.69, 9.17) is 4.74 Å². The lowest BCUT2D eigenvalue weighted by Crippen LogP contribution is -2.53. The van der Waals surface area contributed by atoms with Gasteiger partial charge in [-0.3, -0.25) is 4.90 Å². The van der Waals surface area contributed by atoms with Gasteiger partial charge in [-0.05, 0) is 58.8 Å². The SMILES string of the molecule is CCC(C)N1CC(CC2CC2)CC(NC(=O)OC(C)(C)C)C1. The number of hydrogen-bond acceptors (Lipinski definition) is 3. The summed E-state index contributed by atoms with van der Waals surface area (Å²) < 4.78 is 5.42. The van der Waals surface area contributed by atoms with Crippen LogP contribution in [0.25, 0.3) is 0 Å². The summed E-state index contributed by atoms with van der Waals surface area (Å²) in [6, 6.07) is 0.811. The molecule has 1 N–H and O–H groups in total. The molecular formula is C18H34N2O2. The summed E-state index contributed by atoms with van der Waals surface area (Å²) >= 11 is 0. The molecule has 2 rings (SSSR count). The normalized spacial score (nSPS) is 28.2. The highest BCUT2D eigenvalue weighted by Gasteiger charge is 2.34. The van der Waals surface area contributed by atoms with Crippen molar-refractivity contribution >= 4 is 6.09 Å². The van der Waals surface area contributed by atoms with Crippen molar-refractivity contribution in [2.45, 2.75) is 84.4 Å². The fourth-order valence-corrected chi connectivity index (χ4v) is 3.43. The van der Waals surface area contributed by atoms with E-state index in [2.05, 4.69) is 24.1 Å². The molecule has 4 nitrogen and oxygen atoms in total. The van der Waals surface area contributed by atoms with Crippen molar-refractivity contribution in [3.63, 3.8) is 0 Å². The molecule has 1 saturated carbocycles. The monoisotopic (exact) mass is 310 g/mol. The number of piperidine rings is 1. The first-order chi connectivity index (χ1) is 10.3. The Morgan fingerprint density at radius 3 is 2.50 bits per heavy atom. The molecule has 22 heavy (non-hydrogen) atoms. The molecule has 0 spiro atoms. The molecule has 0 bridgehead atoms. The standard InChI is InChI=1S/C18H34N2O2/c1-6-13(2)20-11-15(9-14-7-8-14)10-16(12-20)19-17(21)22-18(3,4)5/h13-16H,6-12H2,1-5H3,(H,19,21). The Bertz CT molecular complexity index is 374. The van der Waals surface area contributed by atoms with Crippen LogP contribution < -0.4 is 5.32 Å². The van der Waals surface area contributed by atoms with E-state index in [0.717, 1.165) is 31.2 Å². The van der Waals surface area contributed by atoms with Crippen molar-refractivity contribution in [1.29, 1.82) is 0 Å². The first-order valence-corrected chi connectivity index (χ1v) is 9.00. The van der Waals surface area contributed by atoms with E-state index in [1.54, 1.807) is 0 Å². The number of carbonyl (C=O) groups excluding carboxylic acids is 1. The van der Waals surface area contributed by atoms with Crippen LogP contribution >= 0.6 is 0 Å². The van der Waals surface area contributed by atoms with Crippen molar-refractivity contribution in [1.82, 2.24) is 10.2 Å². The second-order valence-electron chi connectivity index (χ2n) is 8.34. The summed E-state index contributed by atoms with van der Waals surface area (Å²) in [5.74, 6) is 1.67. The third-order valence-corrected chi connectivity index (χ3v) is 4.86. The minimum Gasteiger partial charge on any atom is -0.444 e. The number of likely N-dealkylation sites (tertiary alicyclic amines) is 1. The Balaban J connectivity index is 1.91. The number of hydrogen-bond donors (Lipinski definition) is 1. The molecule has 128 valence electrons. The van der Waals surface area contributed by atoms with E-state index < -0.39 is 5.60 Å².